The van der Waals surface area contributed by atoms with Gasteiger partial charge in [-0.2, -0.15) is 0 Å². The normalized spacial score (nSPS) is 12.4. The van der Waals surface area contributed by atoms with Crippen LogP contribution in [-0.4, -0.2) is 16.1 Å². The van der Waals surface area contributed by atoms with Crippen LogP contribution < -0.4 is 16.0 Å². The molecule has 0 saturated heterocycles. The number of nitrogens with one attached hydrogen (secondary N) is 1. The maximum atomic E-state index is 5.68. The summed E-state index contributed by atoms with van der Waals surface area (Å²) in [6.45, 7) is 3.99. The van der Waals surface area contributed by atoms with Crippen LogP contribution in [0.25, 0.3) is 0 Å². The third-order valence-electron chi connectivity index (χ3n) is 2.61. The maximum absolute atomic E-state index is 5.68. The summed E-state index contributed by atoms with van der Waals surface area (Å²) >= 11 is 0. The molecule has 0 aliphatic rings. The number of nitrogens with zero attached hydrogens (tertiary/aromatic N) is 2. The Hall–Kier alpha value is -1.98. The summed E-state index contributed by atoms with van der Waals surface area (Å²) in [5, 5.41) is 0. The van der Waals surface area contributed by atoms with E-state index in [4.69, 9.17) is 10.6 Å². The number of nitrogens with two attached hydrogens (primary N) is 1. The predicted molar refractivity (Wildman–Crippen MR) is 73.4 cm³/mol. The average molecular weight is 258 g/mol. The number of hydrogen-bond donors (Lipinski definition) is 2. The van der Waals surface area contributed by atoms with E-state index in [0.29, 0.717) is 0 Å². The van der Waals surface area contributed by atoms with Crippen molar-refractivity contribution in [3.8, 4) is 5.75 Å². The second kappa shape index (κ2) is 6.26. The summed E-state index contributed by atoms with van der Waals surface area (Å²) in [5.41, 5.74) is 4.51. The van der Waals surface area contributed by atoms with Gasteiger partial charge < -0.3 is 4.74 Å². The number of aromatic nitrogens is 2. The third-order valence-corrected chi connectivity index (χ3v) is 2.61. The van der Waals surface area contributed by atoms with Gasteiger partial charge in [-0.25, -0.2) is 5.43 Å². The second-order valence-electron chi connectivity index (χ2n) is 4.47. The first-order chi connectivity index (χ1) is 9.20. The van der Waals surface area contributed by atoms with E-state index < -0.39 is 0 Å². The number of ether oxygens (including phenoxy) is 1. The van der Waals surface area contributed by atoms with E-state index in [0.717, 1.165) is 17.0 Å². The van der Waals surface area contributed by atoms with Crippen molar-refractivity contribution in [3.63, 3.8) is 0 Å². The standard InChI is InChI=1S/C14H18N4O/c1-10(2)19-12-5-3-4-11(8-12)14(18-15)13-9-16-6-7-17-13/h3-10,14,18H,15H2,1-2H3. The first-order valence-electron chi connectivity index (χ1n) is 6.19. The van der Waals surface area contributed by atoms with Gasteiger partial charge in [-0.3, -0.25) is 15.8 Å². The van der Waals surface area contributed by atoms with Crippen LogP contribution in [0.1, 0.15) is 31.1 Å². The molecule has 5 nitrogen and oxygen atoms in total. The lowest BCUT2D eigenvalue weighted by atomic mass is 10.0. The topological polar surface area (TPSA) is 73.1 Å². The summed E-state index contributed by atoms with van der Waals surface area (Å²) in [4.78, 5) is 8.33. The monoisotopic (exact) mass is 258 g/mol. The van der Waals surface area contributed by atoms with Crippen molar-refractivity contribution >= 4 is 0 Å². The molecule has 0 aliphatic heterocycles. The number of hydrazine groups is 1. The van der Waals surface area contributed by atoms with Crippen LogP contribution in [0.5, 0.6) is 5.75 Å². The van der Waals surface area contributed by atoms with Crippen molar-refractivity contribution in [2.45, 2.75) is 26.0 Å². The number of benzene rings is 1. The van der Waals surface area contributed by atoms with E-state index in [2.05, 4.69) is 15.4 Å². The number of hydrogen-bond acceptors (Lipinski definition) is 5. The molecule has 1 aromatic heterocycles. The molecule has 3 N–H and O–H groups in total. The van der Waals surface area contributed by atoms with E-state index in [9.17, 15) is 0 Å². The predicted octanol–water partition coefficient (Wildman–Crippen LogP) is 1.82. The molecule has 0 radical (unpaired) electrons. The molecule has 1 atom stereocenters. The molecule has 0 fully saturated rings. The van der Waals surface area contributed by atoms with Gasteiger partial charge in [-0.05, 0) is 31.5 Å². The molecule has 2 aromatic rings. The van der Waals surface area contributed by atoms with Gasteiger partial charge >= 0.3 is 0 Å². The Balaban J connectivity index is 2.28. The SMILES string of the molecule is CC(C)Oc1cccc(C(NN)c2cnccn2)c1. The van der Waals surface area contributed by atoms with Gasteiger partial charge in [-0.15, -0.1) is 0 Å². The van der Waals surface area contributed by atoms with Crippen molar-refractivity contribution < 1.29 is 4.74 Å². The Morgan fingerprint density at radius 1 is 1.26 bits per heavy atom. The minimum atomic E-state index is -0.204. The third kappa shape index (κ3) is 3.49. The van der Waals surface area contributed by atoms with E-state index in [1.165, 1.54) is 0 Å². The molecule has 1 heterocycles. The Morgan fingerprint density at radius 2 is 2.11 bits per heavy atom. The van der Waals surface area contributed by atoms with Gasteiger partial charge in [0.05, 0.1) is 24.0 Å². The lowest BCUT2D eigenvalue weighted by molar-refractivity contribution is 0.242. The Bertz CT molecular complexity index is 516. The molecule has 0 aliphatic carbocycles. The molecule has 100 valence electrons. The van der Waals surface area contributed by atoms with Crippen LogP contribution in [0.15, 0.2) is 42.9 Å². The fraction of sp³-hybridized carbons (Fsp3) is 0.286. The fourth-order valence-corrected chi connectivity index (χ4v) is 1.85. The molecule has 1 aromatic carbocycles. The summed E-state index contributed by atoms with van der Waals surface area (Å²) in [6.07, 6.45) is 5.11. The highest BCUT2D eigenvalue weighted by Gasteiger charge is 2.14. The number of rotatable bonds is 5. The highest BCUT2D eigenvalue weighted by atomic mass is 16.5. The minimum Gasteiger partial charge on any atom is -0.491 e. The van der Waals surface area contributed by atoms with Gasteiger partial charge in [0, 0.05) is 12.4 Å². The zero-order valence-electron chi connectivity index (χ0n) is 11.1. The highest BCUT2D eigenvalue weighted by Crippen LogP contribution is 2.23. The van der Waals surface area contributed by atoms with Crippen LogP contribution in [0.2, 0.25) is 0 Å². The first-order valence-corrected chi connectivity index (χ1v) is 6.19. The van der Waals surface area contributed by atoms with E-state index in [1.54, 1.807) is 18.6 Å². The molecule has 5 heteroatoms. The van der Waals surface area contributed by atoms with Crippen LogP contribution in [0, 0.1) is 0 Å². The van der Waals surface area contributed by atoms with Crippen molar-refractivity contribution in [1.82, 2.24) is 15.4 Å². The average Bonchev–Trinajstić information content (AvgIpc) is 2.40. The maximum Gasteiger partial charge on any atom is 0.120 e. The van der Waals surface area contributed by atoms with Crippen molar-refractivity contribution in [2.75, 3.05) is 0 Å². The molecule has 0 spiro atoms. The van der Waals surface area contributed by atoms with Gasteiger partial charge in [0.2, 0.25) is 0 Å². The Kier molecular flexibility index (Phi) is 4.43. The zero-order chi connectivity index (χ0) is 13.7. The Morgan fingerprint density at radius 3 is 2.74 bits per heavy atom. The summed E-state index contributed by atoms with van der Waals surface area (Å²) in [5.74, 6) is 6.45. The highest BCUT2D eigenvalue weighted by molar-refractivity contribution is 5.34. The molecule has 0 amide bonds. The zero-order valence-corrected chi connectivity index (χ0v) is 11.1. The molecule has 2 rings (SSSR count). The molecule has 19 heavy (non-hydrogen) atoms. The fourth-order valence-electron chi connectivity index (χ4n) is 1.85. The smallest absolute Gasteiger partial charge is 0.120 e. The molecular weight excluding hydrogens is 240 g/mol. The van der Waals surface area contributed by atoms with Crippen LogP contribution >= 0.6 is 0 Å². The van der Waals surface area contributed by atoms with Crippen molar-refractivity contribution in [3.05, 3.63) is 54.1 Å². The molecular formula is C14H18N4O. The van der Waals surface area contributed by atoms with Gasteiger partial charge in [-0.1, -0.05) is 12.1 Å². The first kappa shape index (κ1) is 13.5. The van der Waals surface area contributed by atoms with Gasteiger partial charge in [0.1, 0.15) is 5.75 Å². The Labute approximate surface area is 112 Å². The quantitative estimate of drug-likeness (QED) is 0.632. The molecule has 0 bridgehead atoms. The lowest BCUT2D eigenvalue weighted by Gasteiger charge is -2.17. The molecule has 1 unspecified atom stereocenters. The van der Waals surface area contributed by atoms with E-state index >= 15 is 0 Å². The molecule has 0 saturated carbocycles. The lowest BCUT2D eigenvalue weighted by Crippen LogP contribution is -2.29. The van der Waals surface area contributed by atoms with E-state index in [1.807, 2.05) is 38.1 Å². The second-order valence-corrected chi connectivity index (χ2v) is 4.47. The van der Waals surface area contributed by atoms with Crippen LogP contribution in [-0.2, 0) is 0 Å². The van der Waals surface area contributed by atoms with Crippen molar-refractivity contribution in [1.29, 1.82) is 0 Å². The van der Waals surface area contributed by atoms with Crippen LogP contribution in [0.4, 0.5) is 0 Å². The van der Waals surface area contributed by atoms with Crippen LogP contribution in [0.3, 0.4) is 0 Å². The van der Waals surface area contributed by atoms with E-state index in [-0.39, 0.29) is 12.1 Å². The van der Waals surface area contributed by atoms with Crippen molar-refractivity contribution in [2.24, 2.45) is 5.84 Å². The minimum absolute atomic E-state index is 0.135. The van der Waals surface area contributed by atoms with Gasteiger partial charge in [0.25, 0.3) is 0 Å². The summed E-state index contributed by atoms with van der Waals surface area (Å²) < 4.78 is 5.68. The largest absolute Gasteiger partial charge is 0.491 e. The van der Waals surface area contributed by atoms with Gasteiger partial charge in [0.15, 0.2) is 0 Å². The summed E-state index contributed by atoms with van der Waals surface area (Å²) in [7, 11) is 0. The summed E-state index contributed by atoms with van der Waals surface area (Å²) in [6, 6.07) is 7.59.